The van der Waals surface area contributed by atoms with E-state index in [1.807, 2.05) is 0 Å². The van der Waals surface area contributed by atoms with Gasteiger partial charge < -0.3 is 10.6 Å². The first-order chi connectivity index (χ1) is 12.0. The molecule has 2 N–H and O–H groups in total. The van der Waals surface area contributed by atoms with Crippen molar-refractivity contribution in [2.75, 3.05) is 11.9 Å². The molecule has 0 saturated heterocycles. The van der Waals surface area contributed by atoms with E-state index in [0.29, 0.717) is 41.7 Å². The normalized spacial score (nSPS) is 10.7. The fourth-order valence-electron chi connectivity index (χ4n) is 2.29. The summed E-state index contributed by atoms with van der Waals surface area (Å²) in [4.78, 5) is 24.0. The summed E-state index contributed by atoms with van der Waals surface area (Å²) in [7, 11) is 0. The average molecular weight is 363 g/mol. The predicted octanol–water partition coefficient (Wildman–Crippen LogP) is 3.34. The van der Waals surface area contributed by atoms with Crippen LogP contribution in [0.2, 0.25) is 5.02 Å². The minimum Gasteiger partial charge on any atom is -0.352 e. The van der Waals surface area contributed by atoms with Crippen LogP contribution in [0.3, 0.4) is 0 Å². The van der Waals surface area contributed by atoms with E-state index in [1.54, 1.807) is 41.2 Å². The van der Waals surface area contributed by atoms with Crippen LogP contribution in [-0.4, -0.2) is 28.1 Å². The molecule has 1 heterocycles. The maximum absolute atomic E-state index is 12.0. The first-order valence-corrected chi connectivity index (χ1v) is 8.69. The van der Waals surface area contributed by atoms with Crippen molar-refractivity contribution in [1.82, 2.24) is 15.1 Å². The van der Waals surface area contributed by atoms with Gasteiger partial charge in [-0.3, -0.25) is 9.59 Å². The molecule has 0 atom stereocenters. The molecule has 0 aliphatic carbocycles. The summed E-state index contributed by atoms with van der Waals surface area (Å²) in [6, 6.07) is 8.46. The van der Waals surface area contributed by atoms with Crippen molar-refractivity contribution in [3.63, 3.8) is 0 Å². The summed E-state index contributed by atoms with van der Waals surface area (Å²) in [5, 5.41) is 10.4. The van der Waals surface area contributed by atoms with Gasteiger partial charge in [0.25, 0.3) is 5.91 Å². The topological polar surface area (TPSA) is 76.0 Å². The van der Waals surface area contributed by atoms with Crippen molar-refractivity contribution >= 4 is 29.2 Å². The third-order valence-corrected chi connectivity index (χ3v) is 3.75. The van der Waals surface area contributed by atoms with E-state index >= 15 is 0 Å². The molecule has 0 unspecified atom stereocenters. The van der Waals surface area contributed by atoms with Gasteiger partial charge in [0, 0.05) is 36.2 Å². The first-order valence-electron chi connectivity index (χ1n) is 8.31. The first kappa shape index (κ1) is 19.0. The molecule has 2 amide bonds. The Balaban J connectivity index is 1.71. The van der Waals surface area contributed by atoms with E-state index in [0.717, 1.165) is 6.54 Å². The van der Waals surface area contributed by atoms with Gasteiger partial charge in [-0.05, 0) is 36.6 Å². The Hall–Kier alpha value is -2.34. The van der Waals surface area contributed by atoms with Gasteiger partial charge in [0.2, 0.25) is 5.91 Å². The molecule has 2 rings (SSSR count). The number of carbonyl (C=O) groups is 2. The van der Waals surface area contributed by atoms with Crippen LogP contribution in [0.15, 0.2) is 36.5 Å². The number of carbonyl (C=O) groups excluding carboxylic acids is 2. The zero-order chi connectivity index (χ0) is 18.2. The highest BCUT2D eigenvalue weighted by Gasteiger charge is 2.09. The van der Waals surface area contributed by atoms with Gasteiger partial charge in [0.1, 0.15) is 5.82 Å². The average Bonchev–Trinajstić information content (AvgIpc) is 2.98. The summed E-state index contributed by atoms with van der Waals surface area (Å²) in [6.45, 7) is 5.37. The van der Waals surface area contributed by atoms with E-state index in [1.165, 1.54) is 0 Å². The van der Waals surface area contributed by atoms with Gasteiger partial charge >= 0.3 is 0 Å². The summed E-state index contributed by atoms with van der Waals surface area (Å²) in [5.74, 6) is 0.876. The number of hydrogen-bond donors (Lipinski definition) is 2. The van der Waals surface area contributed by atoms with Crippen molar-refractivity contribution in [3.8, 4) is 0 Å². The predicted molar refractivity (Wildman–Crippen MR) is 98.7 cm³/mol. The molecular formula is C18H23ClN4O2. The highest BCUT2D eigenvalue weighted by atomic mass is 35.5. The van der Waals surface area contributed by atoms with E-state index in [-0.39, 0.29) is 11.8 Å². The quantitative estimate of drug-likeness (QED) is 0.707. The lowest BCUT2D eigenvalue weighted by Gasteiger charge is -2.11. The molecule has 2 aromatic rings. The molecule has 25 heavy (non-hydrogen) atoms. The Kier molecular flexibility index (Phi) is 7.01. The molecule has 0 radical (unpaired) electrons. The minimum absolute atomic E-state index is 0.0914. The standard InChI is InChI=1S/C18H23ClN4O2/c1-13(2)12-23-16(9-11-21-23)22-17(24)4-3-10-20-18(25)14-5-7-15(19)8-6-14/h5-9,11,13H,3-4,10,12H2,1-2H3,(H,20,25)(H,22,24). The number of halogens is 1. The number of nitrogens with one attached hydrogen (secondary N) is 2. The molecule has 6 nitrogen and oxygen atoms in total. The third-order valence-electron chi connectivity index (χ3n) is 3.49. The number of aromatic nitrogens is 2. The molecule has 1 aromatic heterocycles. The van der Waals surface area contributed by atoms with Gasteiger partial charge in [0.15, 0.2) is 0 Å². The van der Waals surface area contributed by atoms with Crippen LogP contribution in [0, 0.1) is 5.92 Å². The SMILES string of the molecule is CC(C)Cn1nccc1NC(=O)CCCNC(=O)c1ccc(Cl)cc1. The van der Waals surface area contributed by atoms with Crippen LogP contribution < -0.4 is 10.6 Å². The smallest absolute Gasteiger partial charge is 0.251 e. The number of nitrogens with zero attached hydrogens (tertiary/aromatic N) is 2. The van der Waals surface area contributed by atoms with Crippen LogP contribution in [0.5, 0.6) is 0 Å². The molecule has 7 heteroatoms. The highest BCUT2D eigenvalue weighted by Crippen LogP contribution is 2.11. The summed E-state index contributed by atoms with van der Waals surface area (Å²) in [5.41, 5.74) is 0.548. The lowest BCUT2D eigenvalue weighted by Crippen LogP contribution is -2.25. The van der Waals surface area contributed by atoms with Crippen molar-refractivity contribution in [2.45, 2.75) is 33.2 Å². The molecule has 0 bridgehead atoms. The Morgan fingerprint density at radius 1 is 1.20 bits per heavy atom. The third kappa shape index (κ3) is 6.23. The highest BCUT2D eigenvalue weighted by molar-refractivity contribution is 6.30. The Morgan fingerprint density at radius 3 is 2.60 bits per heavy atom. The lowest BCUT2D eigenvalue weighted by molar-refractivity contribution is -0.116. The largest absolute Gasteiger partial charge is 0.352 e. The summed E-state index contributed by atoms with van der Waals surface area (Å²) in [6.07, 6.45) is 2.56. The van der Waals surface area contributed by atoms with Crippen LogP contribution in [0.1, 0.15) is 37.0 Å². The summed E-state index contributed by atoms with van der Waals surface area (Å²) >= 11 is 5.79. The van der Waals surface area contributed by atoms with E-state index in [4.69, 9.17) is 11.6 Å². The van der Waals surface area contributed by atoms with Gasteiger partial charge in [-0.2, -0.15) is 5.10 Å². The Bertz CT molecular complexity index is 710. The lowest BCUT2D eigenvalue weighted by atomic mass is 10.2. The molecule has 0 aliphatic heterocycles. The second-order valence-electron chi connectivity index (χ2n) is 6.21. The van der Waals surface area contributed by atoms with Crippen LogP contribution >= 0.6 is 11.6 Å². The molecule has 0 aliphatic rings. The molecule has 0 fully saturated rings. The molecule has 0 spiro atoms. The van der Waals surface area contributed by atoms with Crippen molar-refractivity contribution in [2.24, 2.45) is 5.92 Å². The number of hydrogen-bond acceptors (Lipinski definition) is 3. The van der Waals surface area contributed by atoms with Crippen molar-refractivity contribution < 1.29 is 9.59 Å². The molecule has 0 saturated carbocycles. The van der Waals surface area contributed by atoms with Crippen LogP contribution in [0.4, 0.5) is 5.82 Å². The van der Waals surface area contributed by atoms with Crippen LogP contribution in [0.25, 0.3) is 0 Å². The fraction of sp³-hybridized carbons (Fsp3) is 0.389. The Labute approximate surface area is 152 Å². The number of rotatable bonds is 8. The number of benzene rings is 1. The maximum Gasteiger partial charge on any atom is 0.251 e. The fourth-order valence-corrected chi connectivity index (χ4v) is 2.42. The number of anilines is 1. The molecular weight excluding hydrogens is 340 g/mol. The molecule has 134 valence electrons. The van der Waals surface area contributed by atoms with E-state index in [2.05, 4.69) is 29.6 Å². The van der Waals surface area contributed by atoms with Crippen molar-refractivity contribution in [1.29, 1.82) is 0 Å². The second kappa shape index (κ2) is 9.22. The second-order valence-corrected chi connectivity index (χ2v) is 6.64. The van der Waals surface area contributed by atoms with Gasteiger partial charge in [0.05, 0.1) is 6.20 Å². The molecule has 1 aromatic carbocycles. The van der Waals surface area contributed by atoms with Gasteiger partial charge in [-0.15, -0.1) is 0 Å². The maximum atomic E-state index is 12.0. The number of amides is 2. The monoisotopic (exact) mass is 362 g/mol. The zero-order valence-electron chi connectivity index (χ0n) is 14.5. The Morgan fingerprint density at radius 2 is 1.92 bits per heavy atom. The van der Waals surface area contributed by atoms with Crippen LogP contribution in [-0.2, 0) is 11.3 Å². The van der Waals surface area contributed by atoms with Gasteiger partial charge in [-0.25, -0.2) is 4.68 Å². The van der Waals surface area contributed by atoms with Gasteiger partial charge in [-0.1, -0.05) is 25.4 Å². The minimum atomic E-state index is -0.174. The van der Waals surface area contributed by atoms with E-state index in [9.17, 15) is 9.59 Å². The van der Waals surface area contributed by atoms with E-state index < -0.39 is 0 Å². The zero-order valence-corrected chi connectivity index (χ0v) is 15.2. The van der Waals surface area contributed by atoms with Crippen molar-refractivity contribution in [3.05, 3.63) is 47.1 Å². The summed E-state index contributed by atoms with van der Waals surface area (Å²) < 4.78 is 1.78.